The molecule has 7 nitrogen and oxygen atoms in total. The Balaban J connectivity index is 1.77. The minimum absolute atomic E-state index is 0.395. The normalized spacial score (nSPS) is 15.5. The molecule has 2 N–H and O–H groups in total. The maximum absolute atomic E-state index is 8.54. The van der Waals surface area contributed by atoms with E-state index in [1.165, 1.54) is 0 Å². The maximum atomic E-state index is 8.54. The van der Waals surface area contributed by atoms with Crippen LogP contribution < -0.4 is 4.74 Å². The van der Waals surface area contributed by atoms with Gasteiger partial charge in [0.15, 0.2) is 5.69 Å². The fraction of sp³-hybridized carbons (Fsp3) is 0.250. The predicted octanol–water partition coefficient (Wildman–Crippen LogP) is 3.16. The zero-order chi connectivity index (χ0) is 19.0. The van der Waals surface area contributed by atoms with E-state index in [0.29, 0.717) is 29.6 Å². The molecule has 7 heteroatoms. The number of aromatic amines is 1. The van der Waals surface area contributed by atoms with Crippen molar-refractivity contribution in [2.24, 2.45) is 4.99 Å². The number of hydrogen-bond donors (Lipinski definition) is 2. The van der Waals surface area contributed by atoms with Gasteiger partial charge in [0.2, 0.25) is 0 Å². The van der Waals surface area contributed by atoms with Crippen molar-refractivity contribution in [2.75, 3.05) is 27.2 Å². The van der Waals surface area contributed by atoms with E-state index in [1.54, 1.807) is 4.52 Å². The summed E-state index contributed by atoms with van der Waals surface area (Å²) in [5.41, 5.74) is 5.39. The second kappa shape index (κ2) is 6.85. The highest BCUT2D eigenvalue weighted by Gasteiger charge is 2.22. The monoisotopic (exact) mass is 362 g/mol. The minimum atomic E-state index is 0.395. The summed E-state index contributed by atoms with van der Waals surface area (Å²) in [7, 11) is 4.00. The highest BCUT2D eigenvalue weighted by atomic mass is 16.5. The van der Waals surface area contributed by atoms with Gasteiger partial charge < -0.3 is 14.6 Å². The van der Waals surface area contributed by atoms with Crippen molar-refractivity contribution in [3.05, 3.63) is 54.0 Å². The van der Waals surface area contributed by atoms with Crippen LogP contribution >= 0.6 is 0 Å². The molecule has 0 saturated carbocycles. The first-order valence-electron chi connectivity index (χ1n) is 8.83. The van der Waals surface area contributed by atoms with Crippen LogP contribution in [-0.4, -0.2) is 58.2 Å². The molecule has 3 aromatic heterocycles. The zero-order valence-electron chi connectivity index (χ0n) is 15.7. The van der Waals surface area contributed by atoms with Gasteiger partial charge in [-0.1, -0.05) is 6.07 Å². The van der Waals surface area contributed by atoms with E-state index in [9.17, 15) is 0 Å². The number of allylic oxidation sites excluding steroid dienone is 2. The van der Waals surface area contributed by atoms with E-state index < -0.39 is 0 Å². The molecule has 1 aliphatic carbocycles. The van der Waals surface area contributed by atoms with Crippen LogP contribution in [0.1, 0.15) is 18.2 Å². The fourth-order valence-corrected chi connectivity index (χ4v) is 3.09. The number of nitrogens with one attached hydrogen (secondary N) is 2. The van der Waals surface area contributed by atoms with Gasteiger partial charge in [-0.25, -0.2) is 9.51 Å². The Hall–Kier alpha value is -3.19. The summed E-state index contributed by atoms with van der Waals surface area (Å²) in [5, 5.41) is 13.1. The first-order chi connectivity index (χ1) is 13.0. The maximum Gasteiger partial charge on any atom is 0.260 e. The molecule has 27 heavy (non-hydrogen) atoms. The van der Waals surface area contributed by atoms with Crippen LogP contribution in [0, 0.1) is 5.41 Å². The molecule has 0 aliphatic heterocycles. The van der Waals surface area contributed by atoms with Gasteiger partial charge in [-0.05, 0) is 50.9 Å². The number of hydrogen-bond acceptors (Lipinski definition) is 5. The molecule has 1 aliphatic rings. The summed E-state index contributed by atoms with van der Waals surface area (Å²) in [6, 6.07) is 7.73. The summed E-state index contributed by atoms with van der Waals surface area (Å²) in [6.45, 7) is 3.32. The molecule has 3 aromatic rings. The number of ether oxygens (including phenoxy) is 1. The van der Waals surface area contributed by atoms with Crippen molar-refractivity contribution in [2.45, 2.75) is 6.92 Å². The average Bonchev–Trinajstić information content (AvgIpc) is 3.25. The van der Waals surface area contributed by atoms with Crippen LogP contribution in [0.4, 0.5) is 5.69 Å². The van der Waals surface area contributed by atoms with E-state index in [4.69, 9.17) is 15.1 Å². The second-order valence-electron chi connectivity index (χ2n) is 6.80. The molecule has 0 saturated heterocycles. The highest BCUT2D eigenvalue weighted by Crippen LogP contribution is 2.33. The van der Waals surface area contributed by atoms with Gasteiger partial charge in [0.1, 0.15) is 6.61 Å². The van der Waals surface area contributed by atoms with Gasteiger partial charge in [-0.15, -0.1) is 5.10 Å². The quantitative estimate of drug-likeness (QED) is 0.731. The number of aromatic nitrogens is 3. The molecule has 0 fully saturated rings. The van der Waals surface area contributed by atoms with E-state index in [1.807, 2.05) is 63.8 Å². The second-order valence-corrected chi connectivity index (χ2v) is 6.80. The summed E-state index contributed by atoms with van der Waals surface area (Å²) < 4.78 is 7.67. The molecule has 4 rings (SSSR count). The van der Waals surface area contributed by atoms with Crippen molar-refractivity contribution in [3.63, 3.8) is 0 Å². The molecule has 0 atom stereocenters. The number of nitrogens with zero attached hydrogens (tertiary/aromatic N) is 4. The van der Waals surface area contributed by atoms with Gasteiger partial charge in [0, 0.05) is 24.5 Å². The van der Waals surface area contributed by atoms with Gasteiger partial charge in [0.25, 0.3) is 5.88 Å². The third kappa shape index (κ3) is 3.17. The summed E-state index contributed by atoms with van der Waals surface area (Å²) in [6.07, 6.45) is 5.65. The number of fused-ring (bicyclic) bond motifs is 2. The SMILES string of the molecule is CC1=CC(=Nc2c(OCCN(C)C)nn3ccccc23)C(=N)c2cc[nH]c21. The van der Waals surface area contributed by atoms with Crippen LogP contribution in [0.2, 0.25) is 0 Å². The molecule has 0 aromatic carbocycles. The van der Waals surface area contributed by atoms with Crippen LogP contribution in [0.15, 0.2) is 47.7 Å². The third-order valence-electron chi connectivity index (χ3n) is 4.51. The zero-order valence-corrected chi connectivity index (χ0v) is 15.7. The molecule has 0 unspecified atom stereocenters. The number of pyridine rings is 1. The lowest BCUT2D eigenvalue weighted by molar-refractivity contribution is 0.254. The minimum Gasteiger partial charge on any atom is -0.474 e. The first kappa shape index (κ1) is 17.2. The number of H-pyrrole nitrogens is 1. The summed E-state index contributed by atoms with van der Waals surface area (Å²) in [4.78, 5) is 10.0. The van der Waals surface area contributed by atoms with E-state index in [2.05, 4.69) is 15.0 Å². The Labute approximate surface area is 157 Å². The highest BCUT2D eigenvalue weighted by molar-refractivity contribution is 6.54. The smallest absolute Gasteiger partial charge is 0.260 e. The number of likely N-dealkylation sites (N-methyl/N-ethyl adjacent to an activating group) is 1. The van der Waals surface area contributed by atoms with Gasteiger partial charge in [0.05, 0.1) is 22.6 Å². The van der Waals surface area contributed by atoms with Crippen molar-refractivity contribution in [1.29, 1.82) is 5.41 Å². The number of aliphatic imine (C=N–C) groups is 1. The molecule has 3 heterocycles. The Morgan fingerprint density at radius 2 is 2.15 bits per heavy atom. The van der Waals surface area contributed by atoms with Crippen molar-refractivity contribution < 1.29 is 4.74 Å². The molecule has 138 valence electrons. The van der Waals surface area contributed by atoms with Gasteiger partial charge >= 0.3 is 0 Å². The Bertz CT molecular complexity index is 1070. The van der Waals surface area contributed by atoms with Crippen molar-refractivity contribution in [3.8, 4) is 5.88 Å². The van der Waals surface area contributed by atoms with Gasteiger partial charge in [-0.3, -0.25) is 5.41 Å². The van der Waals surface area contributed by atoms with Crippen LogP contribution in [0.5, 0.6) is 5.88 Å². The van der Waals surface area contributed by atoms with Crippen molar-refractivity contribution in [1.82, 2.24) is 19.5 Å². The first-order valence-corrected chi connectivity index (χ1v) is 8.83. The average molecular weight is 362 g/mol. The van der Waals surface area contributed by atoms with E-state index in [-0.39, 0.29) is 0 Å². The predicted molar refractivity (Wildman–Crippen MR) is 108 cm³/mol. The standard InChI is InChI=1S/C20H22N6O/c1-13-12-15(17(21)14-7-8-22-18(13)14)23-19-16-6-4-5-9-26(16)24-20(19)27-11-10-25(2)3/h4-9,12,21-22H,10-11H2,1-3H3. The molecule has 0 spiro atoms. The third-order valence-corrected chi connectivity index (χ3v) is 4.51. The lowest BCUT2D eigenvalue weighted by Gasteiger charge is -2.14. The largest absolute Gasteiger partial charge is 0.474 e. The molecule has 0 radical (unpaired) electrons. The van der Waals surface area contributed by atoms with E-state index in [0.717, 1.165) is 28.9 Å². The summed E-state index contributed by atoms with van der Waals surface area (Å²) in [5.74, 6) is 0.481. The molecular weight excluding hydrogens is 340 g/mol. The lowest BCUT2D eigenvalue weighted by atomic mass is 9.95. The Morgan fingerprint density at radius 1 is 1.30 bits per heavy atom. The van der Waals surface area contributed by atoms with Crippen molar-refractivity contribution >= 4 is 28.2 Å². The topological polar surface area (TPSA) is 81.8 Å². The number of rotatable bonds is 5. The van der Waals surface area contributed by atoms with Gasteiger partial charge in [-0.2, -0.15) is 0 Å². The van der Waals surface area contributed by atoms with Crippen LogP contribution in [0.25, 0.3) is 11.1 Å². The Morgan fingerprint density at radius 3 is 2.96 bits per heavy atom. The molecular formula is C20H22N6O. The molecule has 0 amide bonds. The van der Waals surface area contributed by atoms with Crippen LogP contribution in [-0.2, 0) is 0 Å². The van der Waals surface area contributed by atoms with E-state index >= 15 is 0 Å². The Kier molecular flexibility index (Phi) is 4.37. The fourth-order valence-electron chi connectivity index (χ4n) is 3.09. The summed E-state index contributed by atoms with van der Waals surface area (Å²) >= 11 is 0. The van der Waals surface area contributed by atoms with Crippen LogP contribution in [0.3, 0.4) is 0 Å². The molecule has 0 bridgehead atoms. The lowest BCUT2D eigenvalue weighted by Crippen LogP contribution is -2.19.